The van der Waals surface area contributed by atoms with Crippen LogP contribution in [0.2, 0.25) is 0 Å². The molecule has 1 unspecified atom stereocenters. The van der Waals surface area contributed by atoms with Gasteiger partial charge in [-0.15, -0.1) is 14.6 Å². The van der Waals surface area contributed by atoms with Crippen molar-refractivity contribution in [2.45, 2.75) is 167 Å². The summed E-state index contributed by atoms with van der Waals surface area (Å²) in [6, 6.07) is 0.201. The van der Waals surface area contributed by atoms with Crippen LogP contribution in [-0.2, 0) is 4.84 Å². The summed E-state index contributed by atoms with van der Waals surface area (Å²) in [4.78, 5) is 26.4. The zero-order valence-electron chi connectivity index (χ0n) is 31.6. The van der Waals surface area contributed by atoms with Crippen molar-refractivity contribution in [3.8, 4) is 0 Å². The van der Waals surface area contributed by atoms with Crippen LogP contribution in [0.5, 0.6) is 0 Å². The summed E-state index contributed by atoms with van der Waals surface area (Å²) in [5, 5.41) is 28.4. The first kappa shape index (κ1) is 38.8. The zero-order chi connectivity index (χ0) is 34.8. The number of hydrogen-bond acceptors (Lipinski definition) is 10. The first-order chi connectivity index (χ1) is 21.1. The third kappa shape index (κ3) is 9.29. The Balaban J connectivity index is 2.26. The molecule has 3 heterocycles. The Kier molecular flexibility index (Phi) is 12.2. The van der Waals surface area contributed by atoms with Gasteiger partial charge in [0.05, 0.1) is 20.3 Å². The zero-order valence-corrected chi connectivity index (χ0v) is 31.6. The van der Waals surface area contributed by atoms with Gasteiger partial charge >= 0.3 is 5.95 Å². The fourth-order valence-electron chi connectivity index (χ4n) is 8.50. The van der Waals surface area contributed by atoms with Gasteiger partial charge in [-0.3, -0.25) is 0 Å². The molecule has 0 radical (unpaired) electrons. The summed E-state index contributed by atoms with van der Waals surface area (Å²) in [6.45, 7) is 25.4. The molecule has 0 amide bonds. The molecular formula is C35H69N8O3+. The summed E-state index contributed by atoms with van der Waals surface area (Å²) >= 11 is 0. The van der Waals surface area contributed by atoms with Crippen molar-refractivity contribution in [3.05, 3.63) is 0 Å². The number of aliphatic hydroxyl groups is 2. The van der Waals surface area contributed by atoms with Crippen molar-refractivity contribution < 1.29 is 15.1 Å². The van der Waals surface area contributed by atoms with Crippen LogP contribution < -0.4 is 25.1 Å². The van der Waals surface area contributed by atoms with E-state index in [-0.39, 0.29) is 57.6 Å². The number of piperidine rings is 2. The standard InChI is InChI=1S/C35H69N8O3/c1-14-15-16-17-35(10,11)43(12,46-13)30-37-28(41(18-20-44)26-22-31(2,3)39-32(4,5)23-26)36-29(38-30)42(19-21-45)27-24-33(6,7)40-34(8,9)25-27/h26-27,39-40,44-45H,14-25H2,1-13H3/q+1. The Morgan fingerprint density at radius 3 is 1.48 bits per heavy atom. The highest BCUT2D eigenvalue weighted by Crippen LogP contribution is 2.39. The number of aliphatic hydroxyl groups excluding tert-OH is 2. The number of nitrogens with one attached hydrogen (secondary N) is 2. The summed E-state index contributed by atoms with van der Waals surface area (Å²) in [5.74, 6) is 1.64. The summed E-state index contributed by atoms with van der Waals surface area (Å²) < 4.78 is 0.0750. The molecule has 0 spiro atoms. The van der Waals surface area contributed by atoms with E-state index in [1.165, 1.54) is 0 Å². The quantitative estimate of drug-likeness (QED) is 0.118. The van der Waals surface area contributed by atoms with Gasteiger partial charge in [0.25, 0.3) is 0 Å². The molecule has 1 aromatic heterocycles. The monoisotopic (exact) mass is 650 g/mol. The third-order valence-corrected chi connectivity index (χ3v) is 10.3. The molecule has 0 aliphatic carbocycles. The SMILES string of the molecule is CCCCCC(C)(C)[N+](C)(OC)c1nc(N(CCO)C2CC(C)(C)NC(C)(C)C2)nc(N(CCO)C2CC(C)(C)NC(C)(C)C2)n1. The molecule has 4 N–H and O–H groups in total. The number of hydroxylamine groups is 2. The fourth-order valence-corrected chi connectivity index (χ4v) is 8.50. The molecule has 2 aliphatic heterocycles. The highest BCUT2D eigenvalue weighted by Gasteiger charge is 2.49. The minimum Gasteiger partial charge on any atom is -0.395 e. The van der Waals surface area contributed by atoms with Gasteiger partial charge in [-0.2, -0.15) is 9.82 Å². The second-order valence-electron chi connectivity index (χ2n) is 17.4. The van der Waals surface area contributed by atoms with Gasteiger partial charge < -0.3 is 30.6 Å². The number of aromatic nitrogens is 3. The van der Waals surface area contributed by atoms with E-state index in [9.17, 15) is 10.2 Å². The van der Waals surface area contributed by atoms with Crippen molar-refractivity contribution in [3.63, 3.8) is 0 Å². The van der Waals surface area contributed by atoms with Gasteiger partial charge in [0.2, 0.25) is 11.9 Å². The van der Waals surface area contributed by atoms with Crippen molar-refractivity contribution in [1.82, 2.24) is 30.2 Å². The van der Waals surface area contributed by atoms with E-state index in [1.807, 2.05) is 0 Å². The minimum absolute atomic E-state index is 0.0168. The first-order valence-corrected chi connectivity index (χ1v) is 17.7. The number of anilines is 2. The molecule has 1 atom stereocenters. The van der Waals surface area contributed by atoms with Crippen LogP contribution in [0.25, 0.3) is 0 Å². The second-order valence-corrected chi connectivity index (χ2v) is 17.4. The Morgan fingerprint density at radius 2 is 1.15 bits per heavy atom. The lowest BCUT2D eigenvalue weighted by atomic mass is 9.79. The second kappa shape index (κ2) is 14.5. The van der Waals surface area contributed by atoms with E-state index >= 15 is 0 Å². The van der Waals surface area contributed by atoms with E-state index in [2.05, 4.69) is 104 Å². The molecular weight excluding hydrogens is 580 g/mol. The van der Waals surface area contributed by atoms with Crippen molar-refractivity contribution in [1.29, 1.82) is 0 Å². The number of rotatable bonds is 15. The fraction of sp³-hybridized carbons (Fsp3) is 0.914. The molecule has 0 aromatic carbocycles. The van der Waals surface area contributed by atoms with Crippen LogP contribution in [0, 0.1) is 0 Å². The lowest BCUT2D eigenvalue weighted by molar-refractivity contribution is -0.168. The maximum Gasteiger partial charge on any atom is 0.369 e. The smallest absolute Gasteiger partial charge is 0.369 e. The summed E-state index contributed by atoms with van der Waals surface area (Å²) in [7, 11) is 3.78. The third-order valence-electron chi connectivity index (χ3n) is 10.3. The number of nitrogens with zero attached hydrogens (tertiary/aromatic N) is 6. The highest BCUT2D eigenvalue weighted by atomic mass is 16.7. The van der Waals surface area contributed by atoms with Crippen LogP contribution in [0.4, 0.5) is 17.8 Å². The van der Waals surface area contributed by atoms with E-state index < -0.39 is 0 Å². The molecule has 3 rings (SSSR count). The molecule has 46 heavy (non-hydrogen) atoms. The van der Waals surface area contributed by atoms with Gasteiger partial charge in [-0.25, -0.2) is 0 Å². The molecule has 0 saturated carbocycles. The molecule has 2 saturated heterocycles. The van der Waals surface area contributed by atoms with Gasteiger partial charge in [0.1, 0.15) is 12.6 Å². The average Bonchev–Trinajstić information content (AvgIpc) is 2.90. The highest BCUT2D eigenvalue weighted by molar-refractivity contribution is 5.47. The molecule has 1 aromatic rings. The molecule has 2 aliphatic rings. The molecule has 11 heteroatoms. The first-order valence-electron chi connectivity index (χ1n) is 17.7. The van der Waals surface area contributed by atoms with E-state index in [4.69, 9.17) is 19.8 Å². The number of quaternary nitrogens is 1. The maximum atomic E-state index is 10.4. The minimum atomic E-state index is -0.332. The van der Waals surface area contributed by atoms with Crippen LogP contribution in [0.15, 0.2) is 0 Å². The van der Waals surface area contributed by atoms with E-state index in [0.717, 1.165) is 51.4 Å². The Labute approximate surface area is 280 Å². The average molecular weight is 650 g/mol. The maximum absolute atomic E-state index is 10.4. The largest absolute Gasteiger partial charge is 0.395 e. The number of hydrogen-bond donors (Lipinski definition) is 4. The van der Waals surface area contributed by atoms with Gasteiger partial charge in [-0.05, 0) is 101 Å². The summed E-state index contributed by atoms with van der Waals surface area (Å²) in [6.07, 6.45) is 7.83. The predicted octanol–water partition coefficient (Wildman–Crippen LogP) is 4.94. The molecule has 266 valence electrons. The summed E-state index contributed by atoms with van der Waals surface area (Å²) in [5.41, 5.74) is -0.752. The van der Waals surface area contributed by atoms with Crippen LogP contribution in [0.3, 0.4) is 0 Å². The lowest BCUT2D eigenvalue weighted by Gasteiger charge is -2.50. The van der Waals surface area contributed by atoms with Crippen molar-refractivity contribution in [2.75, 3.05) is 50.3 Å². The Morgan fingerprint density at radius 1 is 0.761 bits per heavy atom. The molecule has 0 bridgehead atoms. The van der Waals surface area contributed by atoms with Gasteiger partial charge in [0.15, 0.2) is 0 Å². The Hall–Kier alpha value is -1.63. The van der Waals surface area contributed by atoms with E-state index in [0.29, 0.717) is 30.9 Å². The molecule has 11 nitrogen and oxygen atoms in total. The normalized spacial score (nSPS) is 22.8. The topological polar surface area (TPSA) is 119 Å². The van der Waals surface area contributed by atoms with Crippen LogP contribution in [0.1, 0.15) is 128 Å². The number of unbranched alkanes of at least 4 members (excludes halogenated alkanes) is 2. The molecule has 2 fully saturated rings. The van der Waals surface area contributed by atoms with Crippen LogP contribution >= 0.6 is 0 Å². The van der Waals surface area contributed by atoms with E-state index in [1.54, 1.807) is 7.11 Å². The van der Waals surface area contributed by atoms with Gasteiger partial charge in [0, 0.05) is 53.7 Å². The van der Waals surface area contributed by atoms with Crippen LogP contribution in [-0.4, -0.2) is 105 Å². The van der Waals surface area contributed by atoms with Crippen molar-refractivity contribution in [2.24, 2.45) is 0 Å². The predicted molar refractivity (Wildman–Crippen MR) is 190 cm³/mol. The van der Waals surface area contributed by atoms with Gasteiger partial charge in [-0.1, -0.05) is 19.8 Å². The van der Waals surface area contributed by atoms with Crippen molar-refractivity contribution >= 4 is 17.8 Å². The Bertz CT molecular complexity index is 1040. The lowest BCUT2D eigenvalue weighted by Crippen LogP contribution is -2.63.